The van der Waals surface area contributed by atoms with Crippen LogP contribution in [0.1, 0.15) is 37.5 Å². The van der Waals surface area contributed by atoms with Crippen molar-refractivity contribution in [3.63, 3.8) is 0 Å². The number of amidine groups is 1. The highest BCUT2D eigenvalue weighted by molar-refractivity contribution is 8.15. The topological polar surface area (TPSA) is 58.2 Å². The van der Waals surface area contributed by atoms with E-state index in [1.54, 1.807) is 35.4 Å². The summed E-state index contributed by atoms with van der Waals surface area (Å²) in [6.07, 6.45) is 5.89. The quantitative estimate of drug-likeness (QED) is 0.532. The first-order valence-corrected chi connectivity index (χ1v) is 9.42. The summed E-state index contributed by atoms with van der Waals surface area (Å²) in [7, 11) is 0. The first-order chi connectivity index (χ1) is 12.7. The van der Waals surface area contributed by atoms with Gasteiger partial charge < -0.3 is 4.42 Å². The van der Waals surface area contributed by atoms with Crippen LogP contribution in [0, 0.1) is 5.82 Å². The van der Waals surface area contributed by atoms with E-state index >= 15 is 0 Å². The average molecular weight is 373 g/mol. The normalized spacial score (nSPS) is 19.2. The van der Waals surface area contributed by atoms with Crippen LogP contribution >= 0.6 is 11.8 Å². The van der Waals surface area contributed by atoms with Gasteiger partial charge in [0.1, 0.15) is 11.6 Å². The molecule has 1 atom stereocenters. The van der Waals surface area contributed by atoms with Gasteiger partial charge in [-0.15, -0.1) is 5.10 Å². The molecule has 0 bridgehead atoms. The van der Waals surface area contributed by atoms with Crippen LogP contribution in [0.5, 0.6) is 0 Å². The summed E-state index contributed by atoms with van der Waals surface area (Å²) in [4.78, 5) is 14.4. The fraction of sp³-hybridized carbons (Fsp3) is 0.316. The fourth-order valence-electron chi connectivity index (χ4n) is 2.58. The first kappa shape index (κ1) is 18.4. The van der Waals surface area contributed by atoms with Crippen LogP contribution in [0.2, 0.25) is 0 Å². The summed E-state index contributed by atoms with van der Waals surface area (Å²) < 4.78 is 18.3. The van der Waals surface area contributed by atoms with E-state index in [4.69, 9.17) is 4.42 Å². The Labute approximate surface area is 156 Å². The molecule has 2 aromatic rings. The zero-order valence-electron chi connectivity index (χ0n) is 14.5. The van der Waals surface area contributed by atoms with Crippen molar-refractivity contribution in [3.8, 4) is 0 Å². The van der Waals surface area contributed by atoms with Crippen LogP contribution in [0.25, 0.3) is 0 Å². The lowest BCUT2D eigenvalue weighted by Crippen LogP contribution is -2.31. The van der Waals surface area contributed by atoms with Crippen molar-refractivity contribution in [2.24, 2.45) is 10.2 Å². The molecule has 1 aromatic heterocycles. The van der Waals surface area contributed by atoms with Gasteiger partial charge in [-0.3, -0.25) is 9.69 Å². The smallest absolute Gasteiger partial charge is 0.242 e. The zero-order chi connectivity index (χ0) is 18.4. The van der Waals surface area contributed by atoms with Gasteiger partial charge in [-0.2, -0.15) is 5.10 Å². The Kier molecular flexibility index (Phi) is 6.22. The van der Waals surface area contributed by atoms with Crippen molar-refractivity contribution in [2.75, 3.05) is 0 Å². The highest BCUT2D eigenvalue weighted by atomic mass is 32.2. The minimum absolute atomic E-state index is 0.0275. The van der Waals surface area contributed by atoms with E-state index < -0.39 is 0 Å². The van der Waals surface area contributed by atoms with Crippen molar-refractivity contribution >= 4 is 29.1 Å². The third-order valence-corrected chi connectivity index (χ3v) is 5.20. The number of halogens is 1. The number of hydrogen-bond donors (Lipinski definition) is 0. The molecule has 0 spiro atoms. The lowest BCUT2D eigenvalue weighted by Gasteiger charge is -2.15. The van der Waals surface area contributed by atoms with Crippen LogP contribution in [-0.4, -0.2) is 27.4 Å². The Morgan fingerprint density at radius 1 is 1.31 bits per heavy atom. The fourth-order valence-corrected chi connectivity index (χ4v) is 3.72. The molecule has 0 N–H and O–H groups in total. The minimum atomic E-state index is -0.298. The largest absolute Gasteiger partial charge is 0.463 e. The Morgan fingerprint density at radius 3 is 2.81 bits per heavy atom. The van der Waals surface area contributed by atoms with Crippen LogP contribution in [0.3, 0.4) is 0 Å². The lowest BCUT2D eigenvalue weighted by molar-refractivity contribution is -0.126. The molecule has 1 fully saturated rings. The number of thioether (sulfide) groups is 1. The number of amides is 1. The molecule has 3 rings (SSSR count). The van der Waals surface area contributed by atoms with Gasteiger partial charge >= 0.3 is 0 Å². The molecule has 136 valence electrons. The molecule has 0 radical (unpaired) electrons. The zero-order valence-corrected chi connectivity index (χ0v) is 15.3. The Hall–Kier alpha value is -2.41. The number of benzene rings is 1. The molecule has 1 amide bonds. The Balaban J connectivity index is 1.78. The summed E-state index contributed by atoms with van der Waals surface area (Å²) in [5, 5.41) is 8.68. The van der Waals surface area contributed by atoms with Gasteiger partial charge in [0.05, 0.1) is 24.3 Å². The van der Waals surface area contributed by atoms with Crippen molar-refractivity contribution < 1.29 is 13.6 Å². The van der Waals surface area contributed by atoms with Gasteiger partial charge in [0.15, 0.2) is 5.17 Å². The molecule has 1 aliphatic heterocycles. The molecule has 26 heavy (non-hydrogen) atoms. The predicted molar refractivity (Wildman–Crippen MR) is 102 cm³/mol. The van der Waals surface area contributed by atoms with E-state index in [0.29, 0.717) is 17.5 Å². The van der Waals surface area contributed by atoms with E-state index in [9.17, 15) is 9.18 Å². The van der Waals surface area contributed by atoms with Crippen LogP contribution in [0.15, 0.2) is 57.3 Å². The molecule has 0 aliphatic carbocycles. The monoisotopic (exact) mass is 373 g/mol. The molecule has 0 saturated carbocycles. The van der Waals surface area contributed by atoms with Gasteiger partial charge in [0, 0.05) is 0 Å². The summed E-state index contributed by atoms with van der Waals surface area (Å²) in [6, 6.07) is 9.68. The molecular formula is C19H20FN3O2S. The number of carbonyl (C=O) groups is 1. The maximum Gasteiger partial charge on any atom is 0.242 e. The Bertz CT molecular complexity index is 788. The van der Waals surface area contributed by atoms with E-state index in [1.165, 1.54) is 30.1 Å². The van der Waals surface area contributed by atoms with Crippen molar-refractivity contribution in [3.05, 3.63) is 59.8 Å². The number of nitrogens with zero attached hydrogens (tertiary/aromatic N) is 3. The van der Waals surface area contributed by atoms with Crippen LogP contribution in [0.4, 0.5) is 4.39 Å². The predicted octanol–water partition coefficient (Wildman–Crippen LogP) is 4.44. The van der Waals surface area contributed by atoms with Crippen molar-refractivity contribution in [1.29, 1.82) is 0 Å². The van der Waals surface area contributed by atoms with E-state index in [1.807, 2.05) is 0 Å². The standard InChI is InChI=1S/C19H20FN3O2S/c1-2-3-6-17-18(24)23(13-14-7-9-15(20)10-8-14)19(26-17)22-21-12-16-5-4-11-25-16/h4-5,7-12,17H,2-3,6,13H2,1H3/b21-12-,22-19-/t17-/m0/s1. The SMILES string of the molecule is CCCC[C@@H]1S/C(=N\N=C/c2ccco2)N(Cc2ccc(F)cc2)C1=O. The second kappa shape index (κ2) is 8.80. The van der Waals surface area contributed by atoms with Crippen molar-refractivity contribution in [2.45, 2.75) is 38.0 Å². The second-order valence-electron chi connectivity index (χ2n) is 5.94. The molecule has 5 nitrogen and oxygen atoms in total. The molecule has 1 aromatic carbocycles. The molecule has 1 saturated heterocycles. The number of furan rings is 1. The minimum Gasteiger partial charge on any atom is -0.463 e. The summed E-state index contributed by atoms with van der Waals surface area (Å²) in [6.45, 7) is 2.45. The molecular weight excluding hydrogens is 353 g/mol. The Morgan fingerprint density at radius 2 is 2.12 bits per heavy atom. The molecule has 7 heteroatoms. The highest BCUT2D eigenvalue weighted by Gasteiger charge is 2.37. The van der Waals surface area contributed by atoms with Gasteiger partial charge in [-0.25, -0.2) is 4.39 Å². The van der Waals surface area contributed by atoms with Crippen LogP contribution < -0.4 is 0 Å². The van der Waals surface area contributed by atoms with Gasteiger partial charge in [0.25, 0.3) is 0 Å². The third kappa shape index (κ3) is 4.60. The van der Waals surface area contributed by atoms with Gasteiger partial charge in [0.2, 0.25) is 5.91 Å². The van der Waals surface area contributed by atoms with Gasteiger partial charge in [-0.1, -0.05) is 43.7 Å². The highest BCUT2D eigenvalue weighted by Crippen LogP contribution is 2.32. The molecule has 1 aliphatic rings. The third-order valence-electron chi connectivity index (χ3n) is 3.97. The van der Waals surface area contributed by atoms with Crippen LogP contribution in [-0.2, 0) is 11.3 Å². The summed E-state index contributed by atoms with van der Waals surface area (Å²) in [5.41, 5.74) is 0.846. The van der Waals surface area contributed by atoms with Gasteiger partial charge in [-0.05, 0) is 36.2 Å². The molecule has 2 heterocycles. The van der Waals surface area contributed by atoms with E-state index in [0.717, 1.165) is 24.8 Å². The lowest BCUT2D eigenvalue weighted by atomic mass is 10.1. The molecule has 0 unspecified atom stereocenters. The number of rotatable bonds is 7. The summed E-state index contributed by atoms with van der Waals surface area (Å²) in [5.74, 6) is 0.324. The first-order valence-electron chi connectivity index (χ1n) is 8.54. The summed E-state index contributed by atoms with van der Waals surface area (Å²) >= 11 is 1.43. The second-order valence-corrected chi connectivity index (χ2v) is 7.11. The maximum atomic E-state index is 13.1. The van der Waals surface area contributed by atoms with E-state index in [2.05, 4.69) is 17.1 Å². The average Bonchev–Trinajstić information content (AvgIpc) is 3.25. The van der Waals surface area contributed by atoms with E-state index in [-0.39, 0.29) is 17.0 Å². The number of unbranched alkanes of at least 4 members (excludes halogenated alkanes) is 1. The number of hydrogen-bond acceptors (Lipinski definition) is 5. The number of carbonyl (C=O) groups excluding carboxylic acids is 1. The van der Waals surface area contributed by atoms with Crippen molar-refractivity contribution in [1.82, 2.24) is 4.90 Å². The maximum absolute atomic E-state index is 13.1.